The third-order valence-electron chi connectivity index (χ3n) is 3.50. The van der Waals surface area contributed by atoms with Gasteiger partial charge in [-0.1, -0.05) is 11.8 Å². The smallest absolute Gasteiger partial charge is 0.344 e. The fraction of sp³-hybridized carbons (Fsp3) is 0.389. The van der Waals surface area contributed by atoms with Crippen LogP contribution in [0.4, 0.5) is 0 Å². The number of aliphatic carboxylic acids is 1. The molecule has 1 aliphatic heterocycles. The first-order valence-electron chi connectivity index (χ1n) is 8.89. The molecule has 12 heteroatoms. The van der Waals surface area contributed by atoms with Crippen LogP contribution in [0.1, 0.15) is 25.8 Å². The predicted molar refractivity (Wildman–Crippen MR) is 114 cm³/mol. The van der Waals surface area contributed by atoms with E-state index in [9.17, 15) is 14.4 Å². The van der Waals surface area contributed by atoms with E-state index < -0.39 is 23.1 Å². The van der Waals surface area contributed by atoms with Crippen molar-refractivity contribution >= 4 is 56.9 Å². The second kappa shape index (κ2) is 11.6. The van der Waals surface area contributed by atoms with E-state index in [4.69, 9.17) is 19.3 Å². The fourth-order valence-corrected chi connectivity index (χ4v) is 3.60. The van der Waals surface area contributed by atoms with Crippen LogP contribution in [-0.4, -0.2) is 59.4 Å². The van der Waals surface area contributed by atoms with Gasteiger partial charge >= 0.3 is 11.9 Å². The van der Waals surface area contributed by atoms with Gasteiger partial charge in [-0.3, -0.25) is 9.59 Å². The molecular formula is C18H20BrN3O7S. The van der Waals surface area contributed by atoms with Crippen molar-refractivity contribution in [1.29, 1.82) is 0 Å². The molecule has 0 bridgehead atoms. The number of carboxylic acids is 1. The molecule has 162 valence electrons. The number of nitrogens with one attached hydrogen (secondary N) is 1. The highest BCUT2D eigenvalue weighted by molar-refractivity contribution is 9.10. The molecule has 1 fully saturated rings. The largest absolute Gasteiger partial charge is 0.490 e. The van der Waals surface area contributed by atoms with Gasteiger partial charge in [-0.25, -0.2) is 4.79 Å². The molecule has 0 spiro atoms. The van der Waals surface area contributed by atoms with E-state index in [1.165, 1.54) is 6.21 Å². The zero-order valence-corrected chi connectivity index (χ0v) is 18.6. The van der Waals surface area contributed by atoms with E-state index >= 15 is 0 Å². The van der Waals surface area contributed by atoms with E-state index in [2.05, 4.69) is 31.4 Å². The number of carbonyl (C=O) groups is 3. The number of thioether (sulfide) groups is 1. The Labute approximate surface area is 185 Å². The van der Waals surface area contributed by atoms with Gasteiger partial charge in [0.2, 0.25) is 5.91 Å². The maximum absolute atomic E-state index is 11.7. The zero-order valence-electron chi connectivity index (χ0n) is 16.2. The van der Waals surface area contributed by atoms with Crippen molar-refractivity contribution in [1.82, 2.24) is 5.32 Å². The van der Waals surface area contributed by atoms with Gasteiger partial charge in [0.05, 0.1) is 25.8 Å². The van der Waals surface area contributed by atoms with E-state index in [0.29, 0.717) is 28.1 Å². The molecule has 2 N–H and O–H groups in total. The number of ether oxygens (including phenoxy) is 3. The molecule has 0 aromatic heterocycles. The number of amides is 1. The van der Waals surface area contributed by atoms with Gasteiger partial charge in [0.1, 0.15) is 5.25 Å². The number of hydrogen-bond acceptors (Lipinski definition) is 9. The van der Waals surface area contributed by atoms with Crippen molar-refractivity contribution in [2.75, 3.05) is 19.8 Å². The average molecular weight is 502 g/mol. The predicted octanol–water partition coefficient (Wildman–Crippen LogP) is 2.19. The number of carbonyl (C=O) groups excluding carboxylic acids is 2. The van der Waals surface area contributed by atoms with Gasteiger partial charge in [0, 0.05) is 10.0 Å². The third kappa shape index (κ3) is 7.02. The lowest BCUT2D eigenvalue weighted by Gasteiger charge is -2.13. The standard InChI is InChI=1S/C18H20BrN3O7S/c1-3-27-12-5-10(11(19)6-13(12)29-9-16(25)28-4-2)8-20-22-18-21-17(26)14(30-18)7-15(23)24/h5-6,8,14H,3-4,7,9H2,1-2H3,(H,23,24)(H,21,22,26). The molecule has 1 unspecified atom stereocenters. The molecule has 0 radical (unpaired) electrons. The highest BCUT2D eigenvalue weighted by atomic mass is 79.9. The first-order chi connectivity index (χ1) is 14.3. The lowest BCUT2D eigenvalue weighted by atomic mass is 10.2. The summed E-state index contributed by atoms with van der Waals surface area (Å²) in [6, 6.07) is 3.29. The Bertz CT molecular complexity index is 876. The first kappa shape index (κ1) is 23.7. The van der Waals surface area contributed by atoms with Gasteiger partial charge in [-0.15, -0.1) is 5.10 Å². The normalized spacial score (nSPS) is 17.2. The minimum atomic E-state index is -1.06. The summed E-state index contributed by atoms with van der Waals surface area (Å²) in [5.41, 5.74) is 0.614. The molecule has 1 atom stereocenters. The second-order valence-corrected chi connectivity index (χ2v) is 7.74. The molecule has 10 nitrogen and oxygen atoms in total. The number of carboxylic acid groups (broad SMARTS) is 1. The maximum atomic E-state index is 11.7. The lowest BCUT2D eigenvalue weighted by Crippen LogP contribution is -2.26. The molecule has 1 aromatic rings. The Kier molecular flexibility index (Phi) is 9.12. The van der Waals surface area contributed by atoms with Crippen LogP contribution >= 0.6 is 27.7 Å². The van der Waals surface area contributed by atoms with Gasteiger partial charge < -0.3 is 24.6 Å². The second-order valence-electron chi connectivity index (χ2n) is 5.69. The van der Waals surface area contributed by atoms with Crippen LogP contribution in [0.3, 0.4) is 0 Å². The van der Waals surface area contributed by atoms with Gasteiger partial charge in [0.15, 0.2) is 23.3 Å². The molecule has 1 aliphatic rings. The number of amidine groups is 1. The fourth-order valence-electron chi connectivity index (χ4n) is 2.26. The third-order valence-corrected chi connectivity index (χ3v) is 5.25. The summed E-state index contributed by atoms with van der Waals surface area (Å²) in [7, 11) is 0. The summed E-state index contributed by atoms with van der Waals surface area (Å²) >= 11 is 4.41. The molecule has 0 saturated carbocycles. The van der Waals surface area contributed by atoms with Crippen molar-refractivity contribution in [3.8, 4) is 11.5 Å². The molecule has 0 aliphatic carbocycles. The average Bonchev–Trinajstić information content (AvgIpc) is 3.01. The number of rotatable bonds is 10. The summed E-state index contributed by atoms with van der Waals surface area (Å²) in [6.07, 6.45) is 1.14. The number of benzene rings is 1. The van der Waals surface area contributed by atoms with Crippen LogP contribution in [-0.2, 0) is 19.1 Å². The number of nitrogens with zero attached hydrogens (tertiary/aromatic N) is 2. The molecular weight excluding hydrogens is 482 g/mol. The maximum Gasteiger partial charge on any atom is 0.344 e. The first-order valence-corrected chi connectivity index (χ1v) is 10.6. The highest BCUT2D eigenvalue weighted by Crippen LogP contribution is 2.33. The lowest BCUT2D eigenvalue weighted by molar-refractivity contribution is -0.145. The summed E-state index contributed by atoms with van der Waals surface area (Å²) in [5, 5.41) is 18.6. The molecule has 2 rings (SSSR count). The van der Waals surface area contributed by atoms with E-state index in [1.54, 1.807) is 19.1 Å². The molecule has 1 amide bonds. The van der Waals surface area contributed by atoms with Crippen molar-refractivity contribution in [3.05, 3.63) is 22.2 Å². The van der Waals surface area contributed by atoms with Crippen molar-refractivity contribution in [2.45, 2.75) is 25.5 Å². The van der Waals surface area contributed by atoms with Crippen LogP contribution in [0.25, 0.3) is 0 Å². The quantitative estimate of drug-likeness (QED) is 0.282. The van der Waals surface area contributed by atoms with E-state index in [-0.39, 0.29) is 24.8 Å². The zero-order chi connectivity index (χ0) is 22.1. The minimum absolute atomic E-state index is 0.220. The topological polar surface area (TPSA) is 136 Å². The highest BCUT2D eigenvalue weighted by Gasteiger charge is 2.32. The van der Waals surface area contributed by atoms with Gasteiger partial charge in [-0.2, -0.15) is 5.10 Å². The summed E-state index contributed by atoms with van der Waals surface area (Å²) < 4.78 is 16.5. The number of halogens is 1. The Hall–Kier alpha value is -2.60. The molecule has 30 heavy (non-hydrogen) atoms. The Balaban J connectivity index is 2.11. The van der Waals surface area contributed by atoms with Crippen LogP contribution < -0.4 is 14.8 Å². The van der Waals surface area contributed by atoms with E-state index in [0.717, 1.165) is 11.8 Å². The summed E-state index contributed by atoms with van der Waals surface area (Å²) in [6.45, 7) is 3.90. The monoisotopic (exact) mass is 501 g/mol. The van der Waals surface area contributed by atoms with Crippen LogP contribution in [0.5, 0.6) is 11.5 Å². The van der Waals surface area contributed by atoms with Crippen molar-refractivity contribution in [2.24, 2.45) is 10.2 Å². The number of hydrogen-bond donors (Lipinski definition) is 2. The van der Waals surface area contributed by atoms with Crippen LogP contribution in [0.15, 0.2) is 26.8 Å². The van der Waals surface area contributed by atoms with Crippen molar-refractivity contribution in [3.63, 3.8) is 0 Å². The van der Waals surface area contributed by atoms with Crippen LogP contribution in [0.2, 0.25) is 0 Å². The number of esters is 1. The van der Waals surface area contributed by atoms with Gasteiger partial charge in [-0.05, 0) is 41.9 Å². The minimum Gasteiger partial charge on any atom is -0.490 e. The van der Waals surface area contributed by atoms with Crippen molar-refractivity contribution < 1.29 is 33.7 Å². The summed E-state index contributed by atoms with van der Waals surface area (Å²) in [4.78, 5) is 34.0. The van der Waals surface area contributed by atoms with Crippen LogP contribution in [0, 0.1) is 0 Å². The Morgan fingerprint density at radius 3 is 2.67 bits per heavy atom. The SMILES string of the molecule is CCOC(=O)COc1cc(Br)c(C=NN=C2NC(=O)C(CC(=O)O)S2)cc1OCC. The molecule has 1 aromatic carbocycles. The molecule has 1 saturated heterocycles. The Morgan fingerprint density at radius 1 is 1.27 bits per heavy atom. The van der Waals surface area contributed by atoms with E-state index in [1.807, 2.05) is 6.92 Å². The van der Waals surface area contributed by atoms with Gasteiger partial charge in [0.25, 0.3) is 0 Å². The molecule has 1 heterocycles. The Morgan fingerprint density at radius 2 is 2.00 bits per heavy atom. The summed E-state index contributed by atoms with van der Waals surface area (Å²) in [5.74, 6) is -1.21.